The van der Waals surface area contributed by atoms with Gasteiger partial charge in [0.2, 0.25) is 0 Å². The van der Waals surface area contributed by atoms with E-state index in [9.17, 15) is 14.0 Å². The van der Waals surface area contributed by atoms with Gasteiger partial charge in [-0.05, 0) is 18.2 Å². The van der Waals surface area contributed by atoms with E-state index in [2.05, 4.69) is 22.5 Å². The largest absolute Gasteiger partial charge is 0.329 e. The molecule has 2 amide bonds. The molecule has 1 fully saturated rings. The summed E-state index contributed by atoms with van der Waals surface area (Å²) in [4.78, 5) is 26.4. The Hall–Kier alpha value is -1.69. The smallest absolute Gasteiger partial charge is 0.316 e. The number of hydrogen-bond acceptors (Lipinski definition) is 2. The summed E-state index contributed by atoms with van der Waals surface area (Å²) >= 11 is 3.15. The molecule has 1 heterocycles. The van der Waals surface area contributed by atoms with Gasteiger partial charge in [0.05, 0.1) is 5.69 Å². The van der Waals surface area contributed by atoms with Gasteiger partial charge in [-0.1, -0.05) is 22.0 Å². The van der Waals surface area contributed by atoms with Crippen LogP contribution in [0.5, 0.6) is 0 Å². The summed E-state index contributed by atoms with van der Waals surface area (Å²) in [5.41, 5.74) is 0.125. The van der Waals surface area contributed by atoms with Crippen LogP contribution in [-0.4, -0.2) is 36.3 Å². The predicted molar refractivity (Wildman–Crippen MR) is 73.2 cm³/mol. The topological polar surface area (TPSA) is 40.6 Å². The van der Waals surface area contributed by atoms with Gasteiger partial charge >= 0.3 is 11.8 Å². The number of carbonyl (C=O) groups is 2. The molecule has 0 radical (unpaired) electrons. The second-order valence-corrected chi connectivity index (χ2v) is 5.01. The first-order valence-corrected chi connectivity index (χ1v) is 6.50. The first-order valence-electron chi connectivity index (χ1n) is 5.71. The number of rotatable bonds is 3. The van der Waals surface area contributed by atoms with Crippen LogP contribution in [0.4, 0.5) is 10.1 Å². The lowest BCUT2D eigenvalue weighted by atomic mass is 10.2. The molecular weight excluding hydrogens is 315 g/mol. The molecule has 0 aliphatic carbocycles. The van der Waals surface area contributed by atoms with E-state index in [4.69, 9.17) is 0 Å². The van der Waals surface area contributed by atoms with Gasteiger partial charge in [0.15, 0.2) is 0 Å². The van der Waals surface area contributed by atoms with Crippen LogP contribution in [0.25, 0.3) is 0 Å². The Labute approximate surface area is 118 Å². The van der Waals surface area contributed by atoms with Gasteiger partial charge in [-0.15, -0.1) is 6.58 Å². The Morgan fingerprint density at radius 3 is 2.68 bits per heavy atom. The van der Waals surface area contributed by atoms with E-state index in [1.807, 2.05) is 0 Å². The Kier molecular flexibility index (Phi) is 3.99. The summed E-state index contributed by atoms with van der Waals surface area (Å²) in [5.74, 6) is -1.88. The monoisotopic (exact) mass is 326 g/mol. The summed E-state index contributed by atoms with van der Waals surface area (Å²) in [6.07, 6.45) is 1.56. The molecule has 0 N–H and O–H groups in total. The summed E-state index contributed by atoms with van der Waals surface area (Å²) in [7, 11) is 0. The third-order valence-corrected chi connectivity index (χ3v) is 3.35. The molecule has 6 heteroatoms. The van der Waals surface area contributed by atoms with E-state index in [0.717, 1.165) is 0 Å². The van der Waals surface area contributed by atoms with Crippen molar-refractivity contribution < 1.29 is 14.0 Å². The zero-order valence-corrected chi connectivity index (χ0v) is 11.7. The Balaban J connectivity index is 2.25. The Morgan fingerprint density at radius 2 is 2.05 bits per heavy atom. The van der Waals surface area contributed by atoms with Crippen molar-refractivity contribution in [2.45, 2.75) is 0 Å². The van der Waals surface area contributed by atoms with E-state index < -0.39 is 17.6 Å². The maximum Gasteiger partial charge on any atom is 0.316 e. The highest BCUT2D eigenvalue weighted by molar-refractivity contribution is 9.10. The first kappa shape index (κ1) is 13.7. The van der Waals surface area contributed by atoms with Crippen LogP contribution in [-0.2, 0) is 9.59 Å². The molecule has 0 atom stereocenters. The minimum atomic E-state index is -0.714. The van der Waals surface area contributed by atoms with Crippen LogP contribution < -0.4 is 4.90 Å². The summed E-state index contributed by atoms with van der Waals surface area (Å²) in [6.45, 7) is 4.49. The molecule has 1 aliphatic rings. The molecule has 0 unspecified atom stereocenters. The zero-order valence-electron chi connectivity index (χ0n) is 10.1. The van der Waals surface area contributed by atoms with Gasteiger partial charge in [-0.3, -0.25) is 14.5 Å². The fraction of sp³-hybridized carbons (Fsp3) is 0.231. The molecule has 1 aromatic rings. The Bertz CT molecular complexity index is 547. The summed E-state index contributed by atoms with van der Waals surface area (Å²) in [6, 6.07) is 4.38. The lowest BCUT2D eigenvalue weighted by Gasteiger charge is -2.33. The second kappa shape index (κ2) is 5.52. The van der Waals surface area contributed by atoms with Crippen molar-refractivity contribution in [3.05, 3.63) is 41.1 Å². The number of nitrogens with zero attached hydrogens (tertiary/aromatic N) is 2. The normalized spacial score (nSPS) is 15.9. The minimum Gasteiger partial charge on any atom is -0.329 e. The predicted octanol–water partition coefficient (Wildman–Crippen LogP) is 1.95. The third kappa shape index (κ3) is 2.68. The van der Waals surface area contributed by atoms with E-state index in [1.54, 1.807) is 12.1 Å². The van der Waals surface area contributed by atoms with Crippen molar-refractivity contribution in [1.82, 2.24) is 4.90 Å². The van der Waals surface area contributed by atoms with Crippen molar-refractivity contribution in [1.29, 1.82) is 0 Å². The summed E-state index contributed by atoms with van der Waals surface area (Å²) < 4.78 is 14.4. The Morgan fingerprint density at radius 1 is 1.32 bits per heavy atom. The fourth-order valence-corrected chi connectivity index (χ4v) is 2.27. The van der Waals surface area contributed by atoms with E-state index >= 15 is 0 Å². The summed E-state index contributed by atoms with van der Waals surface area (Å²) in [5, 5.41) is 0. The average Bonchev–Trinajstić information content (AvgIpc) is 2.37. The number of halogens is 2. The molecule has 4 nitrogen and oxygen atoms in total. The fourth-order valence-electron chi connectivity index (χ4n) is 1.93. The number of piperazine rings is 1. The second-order valence-electron chi connectivity index (χ2n) is 4.09. The molecular formula is C13H12BrFN2O2. The highest BCUT2D eigenvalue weighted by Gasteiger charge is 2.33. The standard InChI is InChI=1S/C13H12BrFN2O2/c1-2-5-16-6-7-17(13(19)12(16)18)11-4-3-9(14)8-10(11)15/h2-4,8H,1,5-7H2. The molecule has 0 saturated carbocycles. The van der Waals surface area contributed by atoms with Crippen LogP contribution >= 0.6 is 15.9 Å². The van der Waals surface area contributed by atoms with Crippen LogP contribution in [0.15, 0.2) is 35.3 Å². The third-order valence-electron chi connectivity index (χ3n) is 2.86. The van der Waals surface area contributed by atoms with Crippen LogP contribution in [0.2, 0.25) is 0 Å². The molecule has 1 saturated heterocycles. The molecule has 2 rings (SSSR count). The van der Waals surface area contributed by atoms with Gasteiger partial charge in [0.1, 0.15) is 5.82 Å². The number of anilines is 1. The number of benzene rings is 1. The van der Waals surface area contributed by atoms with Crippen LogP contribution in [0, 0.1) is 5.82 Å². The van der Waals surface area contributed by atoms with Gasteiger partial charge in [-0.2, -0.15) is 0 Å². The average molecular weight is 327 g/mol. The maximum atomic E-state index is 13.8. The molecule has 0 spiro atoms. The number of carbonyl (C=O) groups excluding carboxylic acids is 2. The van der Waals surface area contributed by atoms with Crippen LogP contribution in [0.1, 0.15) is 0 Å². The van der Waals surface area contributed by atoms with Crippen molar-refractivity contribution in [3.63, 3.8) is 0 Å². The van der Waals surface area contributed by atoms with E-state index in [0.29, 0.717) is 17.6 Å². The van der Waals surface area contributed by atoms with E-state index in [-0.39, 0.29) is 12.2 Å². The molecule has 19 heavy (non-hydrogen) atoms. The lowest BCUT2D eigenvalue weighted by molar-refractivity contribution is -0.145. The number of hydrogen-bond donors (Lipinski definition) is 0. The molecule has 0 bridgehead atoms. The molecule has 0 aromatic heterocycles. The zero-order chi connectivity index (χ0) is 14.0. The highest BCUT2D eigenvalue weighted by atomic mass is 79.9. The molecule has 1 aliphatic heterocycles. The van der Waals surface area contributed by atoms with Crippen molar-refractivity contribution in [2.75, 3.05) is 24.5 Å². The van der Waals surface area contributed by atoms with Crippen LogP contribution in [0.3, 0.4) is 0 Å². The van der Waals surface area contributed by atoms with Gasteiger partial charge in [0.25, 0.3) is 0 Å². The molecule has 1 aromatic carbocycles. The maximum absolute atomic E-state index is 13.8. The van der Waals surface area contributed by atoms with Crippen molar-refractivity contribution in [3.8, 4) is 0 Å². The minimum absolute atomic E-state index is 0.125. The van der Waals surface area contributed by atoms with Crippen molar-refractivity contribution >= 4 is 33.4 Å². The molecule has 100 valence electrons. The SMILES string of the molecule is C=CCN1CCN(c2ccc(Br)cc2F)C(=O)C1=O. The lowest BCUT2D eigenvalue weighted by Crippen LogP contribution is -2.54. The first-order chi connectivity index (χ1) is 9.04. The van der Waals surface area contributed by atoms with Crippen molar-refractivity contribution in [2.24, 2.45) is 0 Å². The quantitative estimate of drug-likeness (QED) is 0.629. The number of amides is 2. The van der Waals surface area contributed by atoms with Gasteiger partial charge in [0, 0.05) is 24.1 Å². The van der Waals surface area contributed by atoms with E-state index in [1.165, 1.54) is 21.9 Å². The van der Waals surface area contributed by atoms with Gasteiger partial charge < -0.3 is 4.90 Å². The van der Waals surface area contributed by atoms with Gasteiger partial charge in [-0.25, -0.2) is 4.39 Å². The highest BCUT2D eigenvalue weighted by Crippen LogP contribution is 2.24.